The number of ether oxygens (including phenoxy) is 1. The zero-order valence-electron chi connectivity index (χ0n) is 12.6. The SMILES string of the molecule is CNC(=O)C1CCCCN1CC(=O)c1cccc(OC)c1. The second kappa shape index (κ2) is 7.22. The molecule has 0 spiro atoms. The zero-order chi connectivity index (χ0) is 15.2. The van der Waals surface area contributed by atoms with Crippen LogP contribution in [0, 0.1) is 0 Å². The number of piperidine rings is 1. The van der Waals surface area contributed by atoms with E-state index in [0.717, 1.165) is 25.8 Å². The summed E-state index contributed by atoms with van der Waals surface area (Å²) in [6, 6.07) is 6.94. The number of likely N-dealkylation sites (N-methyl/N-ethyl adjacent to an activating group) is 1. The van der Waals surface area contributed by atoms with Gasteiger partial charge >= 0.3 is 0 Å². The van der Waals surface area contributed by atoms with E-state index in [4.69, 9.17) is 4.74 Å². The molecule has 1 saturated heterocycles. The number of rotatable bonds is 5. The fraction of sp³-hybridized carbons (Fsp3) is 0.500. The molecule has 1 heterocycles. The van der Waals surface area contributed by atoms with Gasteiger partial charge in [0.25, 0.3) is 0 Å². The van der Waals surface area contributed by atoms with Gasteiger partial charge in [-0.25, -0.2) is 0 Å². The number of likely N-dealkylation sites (tertiary alicyclic amines) is 1. The summed E-state index contributed by atoms with van der Waals surface area (Å²) in [6.07, 6.45) is 2.87. The smallest absolute Gasteiger partial charge is 0.237 e. The van der Waals surface area contributed by atoms with Crippen LogP contribution in [0.1, 0.15) is 29.6 Å². The Morgan fingerprint density at radius 1 is 1.38 bits per heavy atom. The first kappa shape index (κ1) is 15.5. The lowest BCUT2D eigenvalue weighted by molar-refractivity contribution is -0.126. The number of nitrogens with zero attached hydrogens (tertiary/aromatic N) is 1. The Morgan fingerprint density at radius 2 is 2.19 bits per heavy atom. The van der Waals surface area contributed by atoms with Gasteiger partial charge in [-0.1, -0.05) is 18.6 Å². The summed E-state index contributed by atoms with van der Waals surface area (Å²) >= 11 is 0. The molecule has 1 fully saturated rings. The molecule has 1 aliphatic rings. The van der Waals surface area contributed by atoms with Crippen molar-refractivity contribution in [1.29, 1.82) is 0 Å². The van der Waals surface area contributed by atoms with Gasteiger partial charge in [0.1, 0.15) is 5.75 Å². The van der Waals surface area contributed by atoms with E-state index in [9.17, 15) is 9.59 Å². The molecule has 0 bridgehead atoms. The third-order valence-corrected chi connectivity index (χ3v) is 3.90. The van der Waals surface area contributed by atoms with Crippen molar-refractivity contribution in [2.24, 2.45) is 0 Å². The van der Waals surface area contributed by atoms with Crippen LogP contribution < -0.4 is 10.1 Å². The first-order chi connectivity index (χ1) is 10.2. The summed E-state index contributed by atoms with van der Waals surface area (Å²) in [5, 5.41) is 2.68. The number of ketones is 1. The van der Waals surface area contributed by atoms with E-state index < -0.39 is 0 Å². The van der Waals surface area contributed by atoms with Crippen LogP contribution in [0.5, 0.6) is 5.75 Å². The summed E-state index contributed by atoms with van der Waals surface area (Å²) in [7, 11) is 3.22. The van der Waals surface area contributed by atoms with Gasteiger partial charge in [0.2, 0.25) is 5.91 Å². The van der Waals surface area contributed by atoms with E-state index in [2.05, 4.69) is 5.32 Å². The van der Waals surface area contributed by atoms with Crippen molar-refractivity contribution in [3.05, 3.63) is 29.8 Å². The van der Waals surface area contributed by atoms with Crippen molar-refractivity contribution in [1.82, 2.24) is 10.2 Å². The summed E-state index contributed by atoms with van der Waals surface area (Å²) in [5.41, 5.74) is 0.621. The van der Waals surface area contributed by atoms with Crippen molar-refractivity contribution in [3.8, 4) is 5.75 Å². The molecule has 1 N–H and O–H groups in total. The number of benzene rings is 1. The first-order valence-electron chi connectivity index (χ1n) is 7.28. The molecule has 5 nitrogen and oxygen atoms in total. The highest BCUT2D eigenvalue weighted by molar-refractivity contribution is 5.98. The Morgan fingerprint density at radius 3 is 2.90 bits per heavy atom. The molecule has 5 heteroatoms. The third-order valence-electron chi connectivity index (χ3n) is 3.90. The van der Waals surface area contributed by atoms with E-state index >= 15 is 0 Å². The molecule has 1 amide bonds. The Bertz CT molecular complexity index is 516. The number of hydrogen-bond donors (Lipinski definition) is 1. The topological polar surface area (TPSA) is 58.6 Å². The number of carbonyl (C=O) groups excluding carboxylic acids is 2. The molecular formula is C16H22N2O3. The minimum Gasteiger partial charge on any atom is -0.497 e. The maximum atomic E-state index is 12.4. The van der Waals surface area contributed by atoms with Crippen molar-refractivity contribution in [3.63, 3.8) is 0 Å². The molecule has 21 heavy (non-hydrogen) atoms. The predicted octanol–water partition coefficient (Wildman–Crippen LogP) is 1.48. The van der Waals surface area contributed by atoms with Gasteiger partial charge in [-0.05, 0) is 31.5 Å². The molecule has 1 aromatic carbocycles. The third kappa shape index (κ3) is 3.82. The maximum Gasteiger partial charge on any atom is 0.237 e. The number of Topliss-reactive ketones (excluding diaryl/α,β-unsaturated/α-hetero) is 1. The van der Waals surface area contributed by atoms with E-state index in [1.807, 2.05) is 11.0 Å². The van der Waals surface area contributed by atoms with Gasteiger partial charge in [0, 0.05) is 12.6 Å². The zero-order valence-corrected chi connectivity index (χ0v) is 12.6. The average Bonchev–Trinajstić information content (AvgIpc) is 2.54. The highest BCUT2D eigenvalue weighted by atomic mass is 16.5. The standard InChI is InChI=1S/C16H22N2O3/c1-17-16(20)14-8-3-4-9-18(14)11-15(19)12-6-5-7-13(10-12)21-2/h5-7,10,14H,3-4,8-9,11H2,1-2H3,(H,17,20). The van der Waals surface area contributed by atoms with Crippen molar-refractivity contribution >= 4 is 11.7 Å². The van der Waals surface area contributed by atoms with Crippen LogP contribution in [0.15, 0.2) is 24.3 Å². The maximum absolute atomic E-state index is 12.4. The molecule has 1 unspecified atom stereocenters. The van der Waals surface area contributed by atoms with Crippen molar-refractivity contribution in [2.45, 2.75) is 25.3 Å². The fourth-order valence-corrected chi connectivity index (χ4v) is 2.72. The molecule has 1 aliphatic heterocycles. The van der Waals surface area contributed by atoms with Crippen LogP contribution in [0.4, 0.5) is 0 Å². The highest BCUT2D eigenvalue weighted by Crippen LogP contribution is 2.19. The van der Waals surface area contributed by atoms with Gasteiger partial charge in [-0.2, -0.15) is 0 Å². The molecule has 0 radical (unpaired) electrons. The van der Waals surface area contributed by atoms with Crippen molar-refractivity contribution in [2.75, 3.05) is 27.2 Å². The quantitative estimate of drug-likeness (QED) is 0.835. The number of carbonyl (C=O) groups is 2. The van der Waals surface area contributed by atoms with Gasteiger partial charge in [-0.3, -0.25) is 14.5 Å². The van der Waals surface area contributed by atoms with E-state index in [0.29, 0.717) is 11.3 Å². The van der Waals surface area contributed by atoms with Gasteiger partial charge < -0.3 is 10.1 Å². The number of methoxy groups -OCH3 is 1. The molecular weight excluding hydrogens is 268 g/mol. The predicted molar refractivity (Wildman–Crippen MR) is 80.6 cm³/mol. The van der Waals surface area contributed by atoms with Crippen LogP contribution in [-0.4, -0.2) is 49.9 Å². The molecule has 1 aromatic rings. The van der Waals surface area contributed by atoms with Crippen LogP contribution in [0.25, 0.3) is 0 Å². The van der Waals surface area contributed by atoms with Crippen LogP contribution >= 0.6 is 0 Å². The second-order valence-electron chi connectivity index (χ2n) is 5.25. The largest absolute Gasteiger partial charge is 0.497 e. The molecule has 0 saturated carbocycles. The van der Waals surface area contributed by atoms with Gasteiger partial charge in [0.05, 0.1) is 19.7 Å². The average molecular weight is 290 g/mol. The minimum atomic E-state index is -0.196. The van der Waals surface area contributed by atoms with Gasteiger partial charge in [0.15, 0.2) is 5.78 Å². The minimum absolute atomic E-state index is 0.00635. The summed E-state index contributed by atoms with van der Waals surface area (Å²) in [6.45, 7) is 1.05. The second-order valence-corrected chi connectivity index (χ2v) is 5.25. The van der Waals surface area contributed by atoms with Crippen LogP contribution in [-0.2, 0) is 4.79 Å². The van der Waals surface area contributed by atoms with Crippen LogP contribution in [0.2, 0.25) is 0 Å². The summed E-state index contributed by atoms with van der Waals surface area (Å²) in [4.78, 5) is 26.3. The van der Waals surface area contributed by atoms with E-state index in [-0.39, 0.29) is 24.3 Å². The molecule has 0 aromatic heterocycles. The lowest BCUT2D eigenvalue weighted by atomic mass is 10.00. The molecule has 2 rings (SSSR count). The lowest BCUT2D eigenvalue weighted by Gasteiger charge is -2.33. The normalized spacial score (nSPS) is 19.0. The van der Waals surface area contributed by atoms with E-state index in [1.54, 1.807) is 32.4 Å². The molecule has 1 atom stereocenters. The Labute approximate surface area is 125 Å². The molecule has 0 aliphatic carbocycles. The van der Waals surface area contributed by atoms with Crippen LogP contribution in [0.3, 0.4) is 0 Å². The summed E-state index contributed by atoms with van der Waals surface area (Å²) < 4.78 is 5.14. The summed E-state index contributed by atoms with van der Waals surface area (Å²) in [5.74, 6) is 0.681. The monoisotopic (exact) mass is 290 g/mol. The fourth-order valence-electron chi connectivity index (χ4n) is 2.72. The number of nitrogens with one attached hydrogen (secondary N) is 1. The Kier molecular flexibility index (Phi) is 5.33. The van der Waals surface area contributed by atoms with E-state index in [1.165, 1.54) is 0 Å². The van der Waals surface area contributed by atoms with Gasteiger partial charge in [-0.15, -0.1) is 0 Å². The lowest BCUT2D eigenvalue weighted by Crippen LogP contribution is -2.50. The molecule has 114 valence electrons. The number of amides is 1. The Hall–Kier alpha value is -1.88. The first-order valence-corrected chi connectivity index (χ1v) is 7.28. The van der Waals surface area contributed by atoms with Crippen molar-refractivity contribution < 1.29 is 14.3 Å². The number of hydrogen-bond acceptors (Lipinski definition) is 4. The Balaban J connectivity index is 2.07. The highest BCUT2D eigenvalue weighted by Gasteiger charge is 2.29.